The van der Waals surface area contributed by atoms with Gasteiger partial charge < -0.3 is 14.6 Å². The zero-order valence-electron chi connectivity index (χ0n) is 10.8. The third kappa shape index (κ3) is 2.72. The zero-order valence-corrected chi connectivity index (χ0v) is 12.3. The standard InChI is InChI=1S/C13H11BrN2O4/c1-19-12-10(17)9(13(18)20-2)15-11(16-12)7-3-5-8(14)6-4-7/h3-6,17H,1-2H3. The van der Waals surface area contributed by atoms with Crippen molar-refractivity contribution in [1.82, 2.24) is 9.97 Å². The van der Waals surface area contributed by atoms with Crippen molar-refractivity contribution in [3.63, 3.8) is 0 Å². The molecule has 0 saturated carbocycles. The average Bonchev–Trinajstić information content (AvgIpc) is 2.47. The molecule has 0 radical (unpaired) electrons. The Balaban J connectivity index is 2.59. The molecule has 1 aromatic carbocycles. The van der Waals surface area contributed by atoms with Gasteiger partial charge in [-0.05, 0) is 12.1 Å². The largest absolute Gasteiger partial charge is 0.501 e. The smallest absolute Gasteiger partial charge is 0.360 e. The molecule has 6 nitrogen and oxygen atoms in total. The molecule has 0 bridgehead atoms. The van der Waals surface area contributed by atoms with Gasteiger partial charge >= 0.3 is 5.97 Å². The molecule has 1 N–H and O–H groups in total. The Morgan fingerprint density at radius 1 is 1.20 bits per heavy atom. The Kier molecular flexibility index (Phi) is 4.19. The van der Waals surface area contributed by atoms with E-state index < -0.39 is 11.7 Å². The summed E-state index contributed by atoms with van der Waals surface area (Å²) in [7, 11) is 2.55. The summed E-state index contributed by atoms with van der Waals surface area (Å²) >= 11 is 3.33. The Bertz CT molecular complexity index is 644. The molecule has 0 fully saturated rings. The molecule has 0 amide bonds. The van der Waals surface area contributed by atoms with Crippen LogP contribution in [0.15, 0.2) is 28.7 Å². The maximum atomic E-state index is 11.6. The number of carbonyl (C=O) groups is 1. The maximum Gasteiger partial charge on any atom is 0.360 e. The number of ether oxygens (including phenoxy) is 2. The fraction of sp³-hybridized carbons (Fsp3) is 0.154. The van der Waals surface area contributed by atoms with Crippen LogP contribution in [0, 0.1) is 0 Å². The molecule has 20 heavy (non-hydrogen) atoms. The number of rotatable bonds is 3. The van der Waals surface area contributed by atoms with Crippen LogP contribution >= 0.6 is 15.9 Å². The van der Waals surface area contributed by atoms with E-state index in [0.29, 0.717) is 5.56 Å². The van der Waals surface area contributed by atoms with E-state index in [-0.39, 0.29) is 17.4 Å². The number of aromatic nitrogens is 2. The predicted molar refractivity (Wildman–Crippen MR) is 74.7 cm³/mol. The summed E-state index contributed by atoms with van der Waals surface area (Å²) in [6, 6.07) is 7.18. The van der Waals surface area contributed by atoms with Gasteiger partial charge in [-0.15, -0.1) is 0 Å². The molecule has 0 aliphatic carbocycles. The predicted octanol–water partition coefficient (Wildman–Crippen LogP) is 2.41. The van der Waals surface area contributed by atoms with E-state index in [1.165, 1.54) is 14.2 Å². The topological polar surface area (TPSA) is 81.5 Å². The van der Waals surface area contributed by atoms with Gasteiger partial charge in [0.1, 0.15) is 0 Å². The van der Waals surface area contributed by atoms with Crippen molar-refractivity contribution < 1.29 is 19.4 Å². The van der Waals surface area contributed by atoms with Crippen LogP contribution in [0.1, 0.15) is 10.5 Å². The van der Waals surface area contributed by atoms with Crippen molar-refractivity contribution in [1.29, 1.82) is 0 Å². The zero-order chi connectivity index (χ0) is 14.7. The quantitative estimate of drug-likeness (QED) is 0.865. The van der Waals surface area contributed by atoms with E-state index in [9.17, 15) is 9.90 Å². The number of hydrogen-bond donors (Lipinski definition) is 1. The molecular weight excluding hydrogens is 328 g/mol. The molecule has 2 aromatic rings. The number of methoxy groups -OCH3 is 2. The monoisotopic (exact) mass is 338 g/mol. The van der Waals surface area contributed by atoms with Gasteiger partial charge in [-0.2, -0.15) is 4.98 Å². The van der Waals surface area contributed by atoms with Crippen molar-refractivity contribution in [3.05, 3.63) is 34.4 Å². The molecule has 2 rings (SSSR count). The summed E-state index contributed by atoms with van der Waals surface area (Å²) in [6.45, 7) is 0. The van der Waals surface area contributed by atoms with Crippen LogP contribution in [-0.4, -0.2) is 35.3 Å². The molecule has 0 atom stereocenters. The van der Waals surface area contributed by atoms with Crippen LogP contribution in [-0.2, 0) is 4.74 Å². The average molecular weight is 339 g/mol. The Labute approximate surface area is 123 Å². The van der Waals surface area contributed by atoms with E-state index in [2.05, 4.69) is 30.6 Å². The molecular formula is C13H11BrN2O4. The van der Waals surface area contributed by atoms with Crippen LogP contribution in [0.25, 0.3) is 11.4 Å². The highest BCUT2D eigenvalue weighted by Crippen LogP contribution is 2.30. The Hall–Kier alpha value is -2.15. The van der Waals surface area contributed by atoms with Crippen LogP contribution in [0.2, 0.25) is 0 Å². The number of nitrogens with zero attached hydrogens (tertiary/aromatic N) is 2. The van der Waals surface area contributed by atoms with Gasteiger partial charge in [-0.3, -0.25) is 0 Å². The number of carbonyl (C=O) groups excluding carboxylic acids is 1. The summed E-state index contributed by atoms with van der Waals surface area (Å²) in [4.78, 5) is 19.7. The first kappa shape index (κ1) is 14.3. The minimum Gasteiger partial charge on any atom is -0.501 e. The highest BCUT2D eigenvalue weighted by atomic mass is 79.9. The van der Waals surface area contributed by atoms with Gasteiger partial charge in [-0.1, -0.05) is 28.1 Å². The first-order valence-corrected chi connectivity index (χ1v) is 6.35. The highest BCUT2D eigenvalue weighted by molar-refractivity contribution is 9.10. The summed E-state index contributed by atoms with van der Waals surface area (Å²) in [6.07, 6.45) is 0. The second kappa shape index (κ2) is 5.87. The first-order valence-electron chi connectivity index (χ1n) is 5.56. The molecule has 0 aliphatic rings. The van der Waals surface area contributed by atoms with E-state index in [1.54, 1.807) is 12.1 Å². The number of hydrogen-bond acceptors (Lipinski definition) is 6. The van der Waals surface area contributed by atoms with Crippen molar-refractivity contribution >= 4 is 21.9 Å². The summed E-state index contributed by atoms with van der Waals surface area (Å²) in [5.74, 6) is -1.03. The van der Waals surface area contributed by atoms with E-state index in [1.807, 2.05) is 12.1 Å². The normalized spacial score (nSPS) is 10.2. The SMILES string of the molecule is COC(=O)c1nc(-c2ccc(Br)cc2)nc(OC)c1O. The summed E-state index contributed by atoms with van der Waals surface area (Å²) in [5, 5.41) is 9.85. The van der Waals surface area contributed by atoms with E-state index >= 15 is 0 Å². The number of halogens is 1. The molecule has 7 heteroatoms. The van der Waals surface area contributed by atoms with E-state index in [0.717, 1.165) is 4.47 Å². The number of aromatic hydroxyl groups is 1. The second-order valence-electron chi connectivity index (χ2n) is 3.75. The third-order valence-electron chi connectivity index (χ3n) is 2.53. The molecule has 0 spiro atoms. The van der Waals surface area contributed by atoms with Gasteiger partial charge in [0.25, 0.3) is 5.88 Å². The number of benzene rings is 1. The van der Waals surface area contributed by atoms with Gasteiger partial charge in [0, 0.05) is 10.0 Å². The summed E-state index contributed by atoms with van der Waals surface area (Å²) < 4.78 is 10.4. The lowest BCUT2D eigenvalue weighted by atomic mass is 10.2. The summed E-state index contributed by atoms with van der Waals surface area (Å²) in [5.41, 5.74) is 0.439. The van der Waals surface area contributed by atoms with Crippen LogP contribution in [0.3, 0.4) is 0 Å². The Morgan fingerprint density at radius 3 is 2.40 bits per heavy atom. The lowest BCUT2D eigenvalue weighted by Crippen LogP contribution is -2.08. The van der Waals surface area contributed by atoms with Gasteiger partial charge in [0.15, 0.2) is 11.5 Å². The molecule has 1 heterocycles. The van der Waals surface area contributed by atoms with Crippen LogP contribution < -0.4 is 4.74 Å². The van der Waals surface area contributed by atoms with Crippen molar-refractivity contribution in [2.75, 3.05) is 14.2 Å². The van der Waals surface area contributed by atoms with Crippen molar-refractivity contribution in [2.24, 2.45) is 0 Å². The Morgan fingerprint density at radius 2 is 1.85 bits per heavy atom. The van der Waals surface area contributed by atoms with Gasteiger partial charge in [0.05, 0.1) is 14.2 Å². The van der Waals surface area contributed by atoms with Crippen LogP contribution in [0.4, 0.5) is 0 Å². The second-order valence-corrected chi connectivity index (χ2v) is 4.67. The third-order valence-corrected chi connectivity index (χ3v) is 3.06. The van der Waals surface area contributed by atoms with Gasteiger partial charge in [0.2, 0.25) is 5.75 Å². The molecule has 0 saturated heterocycles. The molecule has 0 unspecified atom stereocenters. The lowest BCUT2D eigenvalue weighted by molar-refractivity contribution is 0.0589. The molecule has 0 aliphatic heterocycles. The van der Waals surface area contributed by atoms with Gasteiger partial charge in [-0.25, -0.2) is 9.78 Å². The van der Waals surface area contributed by atoms with Crippen molar-refractivity contribution in [2.45, 2.75) is 0 Å². The highest BCUT2D eigenvalue weighted by Gasteiger charge is 2.21. The lowest BCUT2D eigenvalue weighted by Gasteiger charge is -2.09. The maximum absolute atomic E-state index is 11.6. The number of esters is 1. The molecule has 104 valence electrons. The molecule has 1 aromatic heterocycles. The minimum atomic E-state index is -0.762. The van der Waals surface area contributed by atoms with Crippen molar-refractivity contribution in [3.8, 4) is 23.0 Å². The van der Waals surface area contributed by atoms with E-state index in [4.69, 9.17) is 4.74 Å². The minimum absolute atomic E-state index is 0.0849. The first-order chi connectivity index (χ1) is 9.56. The fourth-order valence-corrected chi connectivity index (χ4v) is 1.81. The fourth-order valence-electron chi connectivity index (χ4n) is 1.54. The van der Waals surface area contributed by atoms with Crippen LogP contribution in [0.5, 0.6) is 11.6 Å².